The molecule has 0 bridgehead atoms. The number of carbonyl (C=O) groups is 1. The number of aryl methyl sites for hydroxylation is 2. The standard InChI is InChI=1S/C25H25ClFN3O2/c1-16-12-20(26)7-10-23(16)32-15-24(31)30-11-3-4-19(14-30)25-22(13-28-17(2)29-25)18-5-8-21(27)9-6-18/h5-10,12-13,19H,3-4,11,14-15H2,1-2H3/t19-/m0/s1. The summed E-state index contributed by atoms with van der Waals surface area (Å²) in [5.41, 5.74) is 3.53. The molecule has 166 valence electrons. The lowest BCUT2D eigenvalue weighted by Gasteiger charge is -2.33. The van der Waals surface area contributed by atoms with Crippen LogP contribution in [0.15, 0.2) is 48.7 Å². The maximum atomic E-state index is 13.4. The molecule has 1 aromatic heterocycles. The van der Waals surface area contributed by atoms with E-state index >= 15 is 0 Å². The van der Waals surface area contributed by atoms with E-state index in [-0.39, 0.29) is 24.2 Å². The van der Waals surface area contributed by atoms with E-state index in [0.717, 1.165) is 35.2 Å². The lowest BCUT2D eigenvalue weighted by molar-refractivity contribution is -0.134. The predicted molar refractivity (Wildman–Crippen MR) is 122 cm³/mol. The smallest absolute Gasteiger partial charge is 0.260 e. The van der Waals surface area contributed by atoms with Crippen LogP contribution in [0.1, 0.15) is 35.8 Å². The minimum absolute atomic E-state index is 0.0250. The van der Waals surface area contributed by atoms with E-state index in [1.54, 1.807) is 30.5 Å². The van der Waals surface area contributed by atoms with Crippen LogP contribution >= 0.6 is 11.6 Å². The van der Waals surface area contributed by atoms with Gasteiger partial charge in [-0.15, -0.1) is 0 Å². The summed E-state index contributed by atoms with van der Waals surface area (Å²) in [4.78, 5) is 23.8. The van der Waals surface area contributed by atoms with E-state index in [0.29, 0.717) is 29.7 Å². The molecule has 2 aromatic carbocycles. The number of rotatable bonds is 5. The number of ether oxygens (including phenoxy) is 1. The van der Waals surface area contributed by atoms with Gasteiger partial charge in [0.15, 0.2) is 6.61 Å². The van der Waals surface area contributed by atoms with E-state index < -0.39 is 0 Å². The van der Waals surface area contributed by atoms with Gasteiger partial charge in [-0.2, -0.15) is 0 Å². The molecular weight excluding hydrogens is 429 g/mol. The molecule has 0 radical (unpaired) electrons. The molecule has 2 heterocycles. The Hall–Kier alpha value is -2.99. The maximum absolute atomic E-state index is 13.4. The van der Waals surface area contributed by atoms with Gasteiger partial charge in [0.05, 0.1) is 5.69 Å². The predicted octanol–water partition coefficient (Wildman–Crippen LogP) is 5.34. The number of likely N-dealkylation sites (tertiary alicyclic amines) is 1. The van der Waals surface area contributed by atoms with Gasteiger partial charge in [0, 0.05) is 35.8 Å². The van der Waals surface area contributed by atoms with Crippen LogP contribution in [-0.2, 0) is 4.79 Å². The van der Waals surface area contributed by atoms with Crippen molar-refractivity contribution < 1.29 is 13.9 Å². The first-order valence-electron chi connectivity index (χ1n) is 10.7. The van der Waals surface area contributed by atoms with Crippen molar-refractivity contribution in [3.8, 4) is 16.9 Å². The number of amides is 1. The molecule has 1 amide bonds. The van der Waals surface area contributed by atoms with Gasteiger partial charge in [0.25, 0.3) is 5.91 Å². The molecule has 0 aliphatic carbocycles. The van der Waals surface area contributed by atoms with Crippen molar-refractivity contribution in [3.05, 3.63) is 76.6 Å². The number of hydrogen-bond acceptors (Lipinski definition) is 4. The van der Waals surface area contributed by atoms with Crippen molar-refractivity contribution >= 4 is 17.5 Å². The highest BCUT2D eigenvalue weighted by molar-refractivity contribution is 6.30. The molecular formula is C25H25ClFN3O2. The zero-order valence-electron chi connectivity index (χ0n) is 18.1. The summed E-state index contributed by atoms with van der Waals surface area (Å²) in [5.74, 6) is 1.07. The molecule has 1 aliphatic rings. The van der Waals surface area contributed by atoms with Gasteiger partial charge in [-0.25, -0.2) is 14.4 Å². The molecule has 7 heteroatoms. The Bertz CT molecular complexity index is 1120. The number of hydrogen-bond donors (Lipinski definition) is 0. The highest BCUT2D eigenvalue weighted by Crippen LogP contribution is 2.33. The first kappa shape index (κ1) is 22.2. The van der Waals surface area contributed by atoms with Crippen LogP contribution < -0.4 is 4.74 Å². The molecule has 0 N–H and O–H groups in total. The third-order valence-electron chi connectivity index (χ3n) is 5.74. The van der Waals surface area contributed by atoms with Crippen molar-refractivity contribution in [1.82, 2.24) is 14.9 Å². The Balaban J connectivity index is 1.49. The average Bonchev–Trinajstić information content (AvgIpc) is 2.79. The second-order valence-electron chi connectivity index (χ2n) is 8.10. The summed E-state index contributed by atoms with van der Waals surface area (Å²) in [5, 5.41) is 0.636. The molecule has 32 heavy (non-hydrogen) atoms. The Morgan fingerprint density at radius 3 is 2.75 bits per heavy atom. The van der Waals surface area contributed by atoms with Crippen LogP contribution in [0.2, 0.25) is 5.02 Å². The summed E-state index contributed by atoms with van der Waals surface area (Å²) in [7, 11) is 0. The Labute approximate surface area is 192 Å². The molecule has 3 aromatic rings. The third-order valence-corrected chi connectivity index (χ3v) is 5.98. The summed E-state index contributed by atoms with van der Waals surface area (Å²) in [6, 6.07) is 11.7. The number of aromatic nitrogens is 2. The first-order chi connectivity index (χ1) is 15.4. The minimum Gasteiger partial charge on any atom is -0.483 e. The maximum Gasteiger partial charge on any atom is 0.260 e. The molecule has 5 nitrogen and oxygen atoms in total. The van der Waals surface area contributed by atoms with Crippen LogP contribution in [0.3, 0.4) is 0 Å². The van der Waals surface area contributed by atoms with E-state index in [1.165, 1.54) is 12.1 Å². The summed E-state index contributed by atoms with van der Waals surface area (Å²) >= 11 is 5.99. The Morgan fingerprint density at radius 1 is 1.22 bits per heavy atom. The lowest BCUT2D eigenvalue weighted by atomic mass is 9.90. The summed E-state index contributed by atoms with van der Waals surface area (Å²) < 4.78 is 19.2. The topological polar surface area (TPSA) is 55.3 Å². The molecule has 1 saturated heterocycles. The molecule has 0 unspecified atom stereocenters. The van der Waals surface area contributed by atoms with Gasteiger partial charge < -0.3 is 9.64 Å². The van der Waals surface area contributed by atoms with E-state index in [4.69, 9.17) is 21.3 Å². The highest BCUT2D eigenvalue weighted by atomic mass is 35.5. The number of halogens is 2. The van der Waals surface area contributed by atoms with E-state index in [2.05, 4.69) is 4.98 Å². The fourth-order valence-electron chi connectivity index (χ4n) is 4.08. The number of benzene rings is 2. The number of carbonyl (C=O) groups excluding carboxylic acids is 1. The second-order valence-corrected chi connectivity index (χ2v) is 8.54. The zero-order chi connectivity index (χ0) is 22.7. The van der Waals surface area contributed by atoms with Crippen LogP contribution in [0, 0.1) is 19.7 Å². The zero-order valence-corrected chi connectivity index (χ0v) is 18.9. The Kier molecular flexibility index (Phi) is 6.70. The van der Waals surface area contributed by atoms with Crippen molar-refractivity contribution in [2.45, 2.75) is 32.6 Å². The normalized spacial score (nSPS) is 16.1. The fraction of sp³-hybridized carbons (Fsp3) is 0.320. The highest BCUT2D eigenvalue weighted by Gasteiger charge is 2.28. The molecule has 4 rings (SSSR count). The fourth-order valence-corrected chi connectivity index (χ4v) is 4.31. The van der Waals surface area contributed by atoms with Gasteiger partial charge in [0.1, 0.15) is 17.4 Å². The molecule has 0 saturated carbocycles. The van der Waals surface area contributed by atoms with E-state index in [9.17, 15) is 9.18 Å². The van der Waals surface area contributed by atoms with Crippen LogP contribution in [0.25, 0.3) is 11.1 Å². The molecule has 1 aliphatic heterocycles. The quantitative estimate of drug-likeness (QED) is 0.523. The van der Waals surface area contributed by atoms with E-state index in [1.807, 2.05) is 24.8 Å². The van der Waals surface area contributed by atoms with Gasteiger partial charge in [-0.3, -0.25) is 4.79 Å². The largest absolute Gasteiger partial charge is 0.483 e. The van der Waals surface area contributed by atoms with Crippen molar-refractivity contribution in [2.24, 2.45) is 0 Å². The molecule has 0 spiro atoms. The van der Waals surface area contributed by atoms with Gasteiger partial charge in [0.2, 0.25) is 0 Å². The monoisotopic (exact) mass is 453 g/mol. The van der Waals surface area contributed by atoms with Crippen molar-refractivity contribution in [2.75, 3.05) is 19.7 Å². The van der Waals surface area contributed by atoms with Crippen molar-refractivity contribution in [3.63, 3.8) is 0 Å². The molecule has 1 fully saturated rings. The lowest BCUT2D eigenvalue weighted by Crippen LogP contribution is -2.41. The number of piperidine rings is 1. The van der Waals surface area contributed by atoms with Crippen LogP contribution in [-0.4, -0.2) is 40.5 Å². The van der Waals surface area contributed by atoms with Gasteiger partial charge in [-0.1, -0.05) is 23.7 Å². The SMILES string of the molecule is Cc1ncc(-c2ccc(F)cc2)c([C@H]2CCCN(C(=O)COc3ccc(Cl)cc3C)C2)n1. The van der Waals surface area contributed by atoms with Crippen molar-refractivity contribution in [1.29, 1.82) is 0 Å². The third kappa shape index (κ3) is 5.07. The van der Waals surface area contributed by atoms with Gasteiger partial charge in [-0.05, 0) is 68.1 Å². The summed E-state index contributed by atoms with van der Waals surface area (Å²) in [6.07, 6.45) is 3.59. The van der Waals surface area contributed by atoms with Gasteiger partial charge >= 0.3 is 0 Å². The average molecular weight is 454 g/mol. The first-order valence-corrected chi connectivity index (χ1v) is 11.0. The number of nitrogens with zero attached hydrogens (tertiary/aromatic N) is 3. The molecule has 1 atom stereocenters. The second kappa shape index (κ2) is 9.65. The van der Waals surface area contributed by atoms with Crippen LogP contribution in [0.4, 0.5) is 4.39 Å². The summed E-state index contributed by atoms with van der Waals surface area (Å²) in [6.45, 7) is 4.98. The minimum atomic E-state index is -0.284. The Morgan fingerprint density at radius 2 is 2.00 bits per heavy atom. The van der Waals surface area contributed by atoms with Crippen LogP contribution in [0.5, 0.6) is 5.75 Å².